The van der Waals surface area contributed by atoms with Gasteiger partial charge < -0.3 is 14.9 Å². The van der Waals surface area contributed by atoms with Crippen LogP contribution in [-0.2, 0) is 0 Å². The maximum absolute atomic E-state index is 5.89. The number of nitrogens with two attached hydrogens (primary N) is 1. The number of ether oxygens (including phenoxy) is 1. The average molecular weight is 275 g/mol. The van der Waals surface area contributed by atoms with Gasteiger partial charge in [-0.15, -0.1) is 0 Å². The predicted molar refractivity (Wildman–Crippen MR) is 75.4 cm³/mol. The zero-order valence-corrected chi connectivity index (χ0v) is 10.9. The van der Waals surface area contributed by atoms with Crippen molar-refractivity contribution in [2.75, 3.05) is 12.8 Å². The number of nitrogen functional groups attached to an aromatic ring is 1. The molecule has 2 aromatic carbocycles. The highest BCUT2D eigenvalue weighted by atomic mass is 35.5. The van der Waals surface area contributed by atoms with E-state index in [1.54, 1.807) is 25.3 Å². The Kier molecular flexibility index (Phi) is 2.80. The molecule has 0 amide bonds. The van der Waals surface area contributed by atoms with E-state index in [0.717, 1.165) is 16.8 Å². The number of rotatable bonds is 2. The van der Waals surface area contributed by atoms with Crippen molar-refractivity contribution in [3.8, 4) is 17.2 Å². The monoisotopic (exact) mass is 274 g/mol. The standard InChI is InChI=1S/C14H11ClN2O2/c1-18-9-3-5-12-13(7-9)19-14(17-12)8-2-4-10(15)11(16)6-8/h2-7H,16H2,1H3. The summed E-state index contributed by atoms with van der Waals surface area (Å²) in [5, 5.41) is 0.515. The van der Waals surface area contributed by atoms with Crippen LogP contribution >= 0.6 is 11.6 Å². The maximum Gasteiger partial charge on any atom is 0.227 e. The summed E-state index contributed by atoms with van der Waals surface area (Å²) < 4.78 is 10.8. The average Bonchev–Trinajstić information content (AvgIpc) is 2.84. The minimum Gasteiger partial charge on any atom is -0.497 e. The van der Waals surface area contributed by atoms with E-state index in [-0.39, 0.29) is 0 Å². The Hall–Kier alpha value is -2.20. The van der Waals surface area contributed by atoms with Gasteiger partial charge in [-0.1, -0.05) is 11.6 Å². The number of hydrogen-bond donors (Lipinski definition) is 1. The highest BCUT2D eigenvalue weighted by Gasteiger charge is 2.10. The molecule has 0 aliphatic carbocycles. The summed E-state index contributed by atoms with van der Waals surface area (Å²) in [5.41, 5.74) is 8.50. The molecule has 0 aliphatic heterocycles. The van der Waals surface area contributed by atoms with Gasteiger partial charge in [-0.05, 0) is 30.3 Å². The lowest BCUT2D eigenvalue weighted by Crippen LogP contribution is -1.87. The van der Waals surface area contributed by atoms with Crippen molar-refractivity contribution in [1.82, 2.24) is 4.98 Å². The maximum atomic E-state index is 5.89. The number of anilines is 1. The third-order valence-electron chi connectivity index (χ3n) is 2.84. The van der Waals surface area contributed by atoms with Crippen molar-refractivity contribution in [3.63, 3.8) is 0 Å². The molecule has 0 spiro atoms. The molecule has 3 rings (SSSR count). The largest absolute Gasteiger partial charge is 0.497 e. The Morgan fingerprint density at radius 3 is 2.79 bits per heavy atom. The van der Waals surface area contributed by atoms with Gasteiger partial charge in [-0.3, -0.25) is 0 Å². The van der Waals surface area contributed by atoms with Crippen molar-refractivity contribution in [2.45, 2.75) is 0 Å². The normalized spacial score (nSPS) is 10.8. The van der Waals surface area contributed by atoms with Crippen LogP contribution in [0.2, 0.25) is 5.02 Å². The van der Waals surface area contributed by atoms with Crippen LogP contribution in [0.25, 0.3) is 22.6 Å². The van der Waals surface area contributed by atoms with Gasteiger partial charge in [0.2, 0.25) is 5.89 Å². The second-order valence-corrected chi connectivity index (χ2v) is 4.50. The van der Waals surface area contributed by atoms with Gasteiger partial charge in [0.25, 0.3) is 0 Å². The van der Waals surface area contributed by atoms with Crippen LogP contribution in [0.4, 0.5) is 5.69 Å². The molecule has 0 saturated heterocycles. The molecule has 19 heavy (non-hydrogen) atoms. The van der Waals surface area contributed by atoms with Crippen molar-refractivity contribution in [3.05, 3.63) is 41.4 Å². The number of hydrogen-bond acceptors (Lipinski definition) is 4. The molecule has 0 bridgehead atoms. The van der Waals surface area contributed by atoms with Gasteiger partial charge in [0.1, 0.15) is 11.3 Å². The first-order valence-corrected chi connectivity index (χ1v) is 6.05. The van der Waals surface area contributed by atoms with Crippen LogP contribution in [0.1, 0.15) is 0 Å². The molecular formula is C14H11ClN2O2. The lowest BCUT2D eigenvalue weighted by atomic mass is 10.2. The lowest BCUT2D eigenvalue weighted by Gasteiger charge is -1.99. The molecule has 0 unspecified atom stereocenters. The Morgan fingerprint density at radius 2 is 2.05 bits per heavy atom. The molecule has 4 nitrogen and oxygen atoms in total. The van der Waals surface area contributed by atoms with Gasteiger partial charge in [0, 0.05) is 11.6 Å². The first kappa shape index (κ1) is 11.9. The SMILES string of the molecule is COc1ccc2nc(-c3ccc(Cl)c(N)c3)oc2c1. The molecule has 0 saturated carbocycles. The molecule has 96 valence electrons. The van der Waals surface area contributed by atoms with Crippen molar-refractivity contribution >= 4 is 28.4 Å². The summed E-state index contributed by atoms with van der Waals surface area (Å²) in [4.78, 5) is 4.41. The highest BCUT2D eigenvalue weighted by molar-refractivity contribution is 6.33. The van der Waals surface area contributed by atoms with E-state index < -0.39 is 0 Å². The van der Waals surface area contributed by atoms with Gasteiger partial charge in [-0.2, -0.15) is 0 Å². The minimum absolute atomic E-state index is 0.499. The van der Waals surface area contributed by atoms with Crippen molar-refractivity contribution in [2.24, 2.45) is 0 Å². The zero-order chi connectivity index (χ0) is 13.4. The second-order valence-electron chi connectivity index (χ2n) is 4.09. The van der Waals surface area contributed by atoms with E-state index in [1.807, 2.05) is 18.2 Å². The summed E-state index contributed by atoms with van der Waals surface area (Å²) in [6, 6.07) is 10.8. The summed E-state index contributed by atoms with van der Waals surface area (Å²) in [6.45, 7) is 0. The number of benzene rings is 2. The summed E-state index contributed by atoms with van der Waals surface area (Å²) >= 11 is 5.89. The molecule has 1 heterocycles. The van der Waals surface area contributed by atoms with Gasteiger partial charge in [0.05, 0.1) is 17.8 Å². The molecule has 0 fully saturated rings. The number of fused-ring (bicyclic) bond motifs is 1. The zero-order valence-electron chi connectivity index (χ0n) is 10.2. The number of halogens is 1. The topological polar surface area (TPSA) is 61.3 Å². The number of aromatic nitrogens is 1. The first-order valence-electron chi connectivity index (χ1n) is 5.67. The van der Waals surface area contributed by atoms with Crippen LogP contribution in [0.3, 0.4) is 0 Å². The van der Waals surface area contributed by atoms with Crippen molar-refractivity contribution in [1.29, 1.82) is 0 Å². The van der Waals surface area contributed by atoms with Crippen LogP contribution in [0.5, 0.6) is 5.75 Å². The Morgan fingerprint density at radius 1 is 1.21 bits per heavy atom. The number of methoxy groups -OCH3 is 1. The third-order valence-corrected chi connectivity index (χ3v) is 3.18. The van der Waals surface area contributed by atoms with Crippen LogP contribution < -0.4 is 10.5 Å². The molecular weight excluding hydrogens is 264 g/mol. The van der Waals surface area contributed by atoms with E-state index in [4.69, 9.17) is 26.5 Å². The molecule has 0 atom stereocenters. The van der Waals surface area contributed by atoms with E-state index in [0.29, 0.717) is 22.2 Å². The molecule has 2 N–H and O–H groups in total. The third kappa shape index (κ3) is 2.11. The van der Waals surface area contributed by atoms with Crippen LogP contribution in [-0.4, -0.2) is 12.1 Å². The predicted octanol–water partition coefficient (Wildman–Crippen LogP) is 3.74. The lowest BCUT2D eigenvalue weighted by molar-refractivity contribution is 0.414. The second kappa shape index (κ2) is 4.48. The van der Waals surface area contributed by atoms with E-state index in [2.05, 4.69) is 4.98 Å². The number of nitrogens with zero attached hydrogens (tertiary/aromatic N) is 1. The van der Waals surface area contributed by atoms with E-state index >= 15 is 0 Å². The van der Waals surface area contributed by atoms with Crippen molar-refractivity contribution < 1.29 is 9.15 Å². The summed E-state index contributed by atoms with van der Waals surface area (Å²) in [5.74, 6) is 1.23. The fraction of sp³-hybridized carbons (Fsp3) is 0.0714. The van der Waals surface area contributed by atoms with Gasteiger partial charge >= 0.3 is 0 Å². The smallest absolute Gasteiger partial charge is 0.227 e. The molecule has 5 heteroatoms. The Labute approximate surface area is 114 Å². The summed E-state index contributed by atoms with van der Waals surface area (Å²) in [6.07, 6.45) is 0. The van der Waals surface area contributed by atoms with Gasteiger partial charge in [-0.25, -0.2) is 4.98 Å². The van der Waals surface area contributed by atoms with Crippen LogP contribution in [0.15, 0.2) is 40.8 Å². The highest BCUT2D eigenvalue weighted by Crippen LogP contribution is 2.30. The molecule has 3 aromatic rings. The quantitative estimate of drug-likeness (QED) is 0.723. The fourth-order valence-corrected chi connectivity index (χ4v) is 1.95. The fourth-order valence-electron chi connectivity index (χ4n) is 1.83. The van der Waals surface area contributed by atoms with E-state index in [1.165, 1.54) is 0 Å². The summed E-state index contributed by atoms with van der Waals surface area (Å²) in [7, 11) is 1.61. The first-order chi connectivity index (χ1) is 9.17. The van der Waals surface area contributed by atoms with Crippen LogP contribution in [0, 0.1) is 0 Å². The van der Waals surface area contributed by atoms with E-state index in [9.17, 15) is 0 Å². The molecule has 1 aromatic heterocycles. The number of oxazole rings is 1. The molecule has 0 aliphatic rings. The Balaban J connectivity index is 2.11. The molecule has 0 radical (unpaired) electrons. The Bertz CT molecular complexity index is 752. The minimum atomic E-state index is 0.499. The van der Waals surface area contributed by atoms with Gasteiger partial charge in [0.15, 0.2) is 5.58 Å².